The molecule has 1 aromatic rings. The van der Waals surface area contributed by atoms with E-state index in [-0.39, 0.29) is 6.04 Å². The third kappa shape index (κ3) is 3.26. The summed E-state index contributed by atoms with van der Waals surface area (Å²) >= 11 is 6.01. The largest absolute Gasteiger partial charge is 0.496 e. The second-order valence-corrected chi connectivity index (χ2v) is 4.33. The van der Waals surface area contributed by atoms with Crippen LogP contribution < -0.4 is 10.1 Å². The van der Waals surface area contributed by atoms with E-state index in [2.05, 4.69) is 25.2 Å². The highest BCUT2D eigenvalue weighted by molar-refractivity contribution is 6.30. The molecule has 0 heterocycles. The Morgan fingerprint density at radius 2 is 2.12 bits per heavy atom. The summed E-state index contributed by atoms with van der Waals surface area (Å²) in [4.78, 5) is 0. The lowest BCUT2D eigenvalue weighted by atomic mass is 10.0. The number of likely N-dealkylation sites (N-methyl/N-ethyl adjacent to an activating group) is 1. The summed E-state index contributed by atoms with van der Waals surface area (Å²) in [5.41, 5.74) is 2.31. The Morgan fingerprint density at radius 1 is 1.44 bits per heavy atom. The minimum atomic E-state index is 0.124. The van der Waals surface area contributed by atoms with Crippen molar-refractivity contribution in [2.75, 3.05) is 14.2 Å². The van der Waals surface area contributed by atoms with Gasteiger partial charge in [-0.3, -0.25) is 0 Å². The number of methoxy groups -OCH3 is 1. The molecule has 1 rings (SSSR count). The van der Waals surface area contributed by atoms with Gasteiger partial charge in [0.25, 0.3) is 0 Å². The SMILES string of the molecule is CNC(C=C(C)C)c1cc(Cl)ccc1OC. The van der Waals surface area contributed by atoms with E-state index in [1.807, 2.05) is 25.2 Å². The highest BCUT2D eigenvalue weighted by atomic mass is 35.5. The summed E-state index contributed by atoms with van der Waals surface area (Å²) in [5.74, 6) is 0.848. The fourth-order valence-electron chi connectivity index (χ4n) is 1.61. The summed E-state index contributed by atoms with van der Waals surface area (Å²) in [6.07, 6.45) is 2.15. The zero-order valence-electron chi connectivity index (χ0n) is 10.2. The molecule has 0 radical (unpaired) electrons. The van der Waals surface area contributed by atoms with E-state index in [4.69, 9.17) is 16.3 Å². The first-order valence-corrected chi connectivity index (χ1v) is 5.62. The number of nitrogens with one attached hydrogen (secondary N) is 1. The Bertz CT molecular complexity index is 384. The second-order valence-electron chi connectivity index (χ2n) is 3.90. The van der Waals surface area contributed by atoms with Gasteiger partial charge in [0, 0.05) is 10.6 Å². The van der Waals surface area contributed by atoms with E-state index in [1.54, 1.807) is 7.11 Å². The Hall–Kier alpha value is -0.990. The van der Waals surface area contributed by atoms with Gasteiger partial charge in [0.15, 0.2) is 0 Å². The van der Waals surface area contributed by atoms with Gasteiger partial charge in [0.1, 0.15) is 5.75 Å². The first-order valence-electron chi connectivity index (χ1n) is 5.24. The summed E-state index contributed by atoms with van der Waals surface area (Å²) < 4.78 is 5.34. The minimum Gasteiger partial charge on any atom is -0.496 e. The van der Waals surface area contributed by atoms with E-state index in [0.717, 1.165) is 16.3 Å². The van der Waals surface area contributed by atoms with Crippen LogP contribution in [0.3, 0.4) is 0 Å². The molecule has 3 heteroatoms. The van der Waals surface area contributed by atoms with Crippen LogP contribution in [0.2, 0.25) is 5.02 Å². The van der Waals surface area contributed by atoms with Crippen molar-refractivity contribution in [2.45, 2.75) is 19.9 Å². The standard InChI is InChI=1S/C13H18ClNO/c1-9(2)7-12(15-3)11-8-10(14)5-6-13(11)16-4/h5-8,12,15H,1-4H3. The minimum absolute atomic E-state index is 0.124. The van der Waals surface area contributed by atoms with Crippen LogP contribution in [0.25, 0.3) is 0 Å². The number of hydrogen-bond acceptors (Lipinski definition) is 2. The maximum absolute atomic E-state index is 6.01. The van der Waals surface area contributed by atoms with Crippen LogP contribution in [0.5, 0.6) is 5.75 Å². The number of halogens is 1. The average molecular weight is 240 g/mol. The zero-order valence-corrected chi connectivity index (χ0v) is 10.9. The first kappa shape index (κ1) is 13.1. The van der Waals surface area contributed by atoms with Gasteiger partial charge >= 0.3 is 0 Å². The topological polar surface area (TPSA) is 21.3 Å². The summed E-state index contributed by atoms with van der Waals surface area (Å²) in [7, 11) is 3.59. The Labute approximate surface area is 102 Å². The first-order chi connectivity index (χ1) is 7.58. The van der Waals surface area contributed by atoms with Gasteiger partial charge in [-0.05, 0) is 39.1 Å². The molecule has 0 saturated heterocycles. The van der Waals surface area contributed by atoms with Crippen molar-refractivity contribution in [1.29, 1.82) is 0 Å². The van der Waals surface area contributed by atoms with Crippen LogP contribution in [-0.2, 0) is 0 Å². The normalized spacial score (nSPS) is 12.1. The smallest absolute Gasteiger partial charge is 0.124 e. The fraction of sp³-hybridized carbons (Fsp3) is 0.385. The van der Waals surface area contributed by atoms with Crippen molar-refractivity contribution < 1.29 is 4.74 Å². The summed E-state index contributed by atoms with van der Waals surface area (Å²) in [6, 6.07) is 5.78. The fourth-order valence-corrected chi connectivity index (χ4v) is 1.79. The van der Waals surface area contributed by atoms with E-state index in [1.165, 1.54) is 5.57 Å². The molecule has 0 aliphatic carbocycles. The molecule has 0 aromatic heterocycles. The van der Waals surface area contributed by atoms with Gasteiger partial charge in [-0.2, -0.15) is 0 Å². The van der Waals surface area contributed by atoms with Gasteiger partial charge in [-0.15, -0.1) is 0 Å². The lowest BCUT2D eigenvalue weighted by molar-refractivity contribution is 0.406. The second kappa shape index (κ2) is 5.92. The molecule has 0 fully saturated rings. The van der Waals surface area contributed by atoms with E-state index in [0.29, 0.717) is 0 Å². The molecule has 1 aromatic carbocycles. The quantitative estimate of drug-likeness (QED) is 0.811. The predicted octanol–water partition coefficient (Wildman–Crippen LogP) is 3.58. The van der Waals surface area contributed by atoms with E-state index < -0.39 is 0 Å². The third-order valence-electron chi connectivity index (χ3n) is 2.34. The lowest BCUT2D eigenvalue weighted by Crippen LogP contribution is -2.15. The van der Waals surface area contributed by atoms with Crippen molar-refractivity contribution in [3.8, 4) is 5.75 Å². The molecular formula is C13H18ClNO. The molecule has 1 N–H and O–H groups in total. The van der Waals surface area contributed by atoms with Crippen molar-refractivity contribution in [3.63, 3.8) is 0 Å². The average Bonchev–Trinajstić information content (AvgIpc) is 2.25. The molecule has 2 nitrogen and oxygen atoms in total. The van der Waals surface area contributed by atoms with Gasteiger partial charge in [-0.25, -0.2) is 0 Å². The molecule has 0 spiro atoms. The van der Waals surface area contributed by atoms with Gasteiger partial charge in [-0.1, -0.05) is 23.3 Å². The number of hydrogen-bond donors (Lipinski definition) is 1. The predicted molar refractivity (Wildman–Crippen MR) is 69.2 cm³/mol. The van der Waals surface area contributed by atoms with Crippen LogP contribution in [-0.4, -0.2) is 14.2 Å². The summed E-state index contributed by atoms with van der Waals surface area (Å²) in [6.45, 7) is 4.14. The maximum Gasteiger partial charge on any atom is 0.124 e. The van der Waals surface area contributed by atoms with Crippen molar-refractivity contribution in [3.05, 3.63) is 40.4 Å². The van der Waals surface area contributed by atoms with Gasteiger partial charge in [0.2, 0.25) is 0 Å². The van der Waals surface area contributed by atoms with Gasteiger partial charge in [0.05, 0.1) is 13.2 Å². The van der Waals surface area contributed by atoms with Crippen molar-refractivity contribution in [2.24, 2.45) is 0 Å². The highest BCUT2D eigenvalue weighted by Gasteiger charge is 2.12. The van der Waals surface area contributed by atoms with Crippen LogP contribution in [0.4, 0.5) is 0 Å². The molecule has 0 saturated carbocycles. The molecule has 0 bridgehead atoms. The van der Waals surface area contributed by atoms with E-state index >= 15 is 0 Å². The molecule has 16 heavy (non-hydrogen) atoms. The molecular weight excluding hydrogens is 222 g/mol. The molecule has 0 aliphatic heterocycles. The third-order valence-corrected chi connectivity index (χ3v) is 2.57. The van der Waals surface area contributed by atoms with Gasteiger partial charge < -0.3 is 10.1 Å². The maximum atomic E-state index is 6.01. The Morgan fingerprint density at radius 3 is 2.62 bits per heavy atom. The zero-order chi connectivity index (χ0) is 12.1. The number of ether oxygens (including phenoxy) is 1. The molecule has 1 unspecified atom stereocenters. The Balaban J connectivity index is 3.17. The van der Waals surface area contributed by atoms with Crippen LogP contribution in [0.1, 0.15) is 25.5 Å². The van der Waals surface area contributed by atoms with Crippen LogP contribution >= 0.6 is 11.6 Å². The number of allylic oxidation sites excluding steroid dienone is 1. The van der Waals surface area contributed by atoms with Crippen LogP contribution in [0, 0.1) is 0 Å². The summed E-state index contributed by atoms with van der Waals surface area (Å²) in [5, 5.41) is 3.96. The van der Waals surface area contributed by atoms with E-state index in [9.17, 15) is 0 Å². The highest BCUT2D eigenvalue weighted by Crippen LogP contribution is 2.29. The monoisotopic (exact) mass is 239 g/mol. The lowest BCUT2D eigenvalue weighted by Gasteiger charge is -2.17. The number of benzene rings is 1. The van der Waals surface area contributed by atoms with Crippen molar-refractivity contribution in [1.82, 2.24) is 5.32 Å². The molecule has 88 valence electrons. The Kier molecular flexibility index (Phi) is 4.84. The number of rotatable bonds is 4. The molecule has 0 aliphatic rings. The van der Waals surface area contributed by atoms with Crippen LogP contribution in [0.15, 0.2) is 29.8 Å². The molecule has 1 atom stereocenters. The molecule has 0 amide bonds. The van der Waals surface area contributed by atoms with Crippen molar-refractivity contribution >= 4 is 11.6 Å².